The number of nitrogens with zero attached hydrogens (tertiary/aromatic N) is 1. The molecule has 2 aromatic rings. The van der Waals surface area contributed by atoms with Crippen LogP contribution < -0.4 is 0 Å². The highest BCUT2D eigenvalue weighted by Crippen LogP contribution is 2.23. The number of H-pyrrole nitrogens is 1. The normalized spacial score (nSPS) is 15.9. The highest BCUT2D eigenvalue weighted by atomic mass is 79.9. The van der Waals surface area contributed by atoms with Crippen LogP contribution in [0.3, 0.4) is 0 Å². The van der Waals surface area contributed by atoms with Crippen LogP contribution in [0, 0.1) is 6.85 Å². The summed E-state index contributed by atoms with van der Waals surface area (Å²) >= 11 is 3.22. The minimum absolute atomic E-state index is 0.315. The van der Waals surface area contributed by atoms with Gasteiger partial charge in [-0.2, -0.15) is 5.10 Å². The molecule has 0 radical (unpaired) electrons. The highest BCUT2D eigenvalue weighted by molar-refractivity contribution is 9.10. The van der Waals surface area contributed by atoms with Crippen LogP contribution in [0.25, 0.3) is 10.9 Å². The molecule has 1 N–H and O–H groups in total. The molecule has 0 unspecified atom stereocenters. The monoisotopic (exact) mass is 213 g/mol. The van der Waals surface area contributed by atoms with Crippen molar-refractivity contribution >= 4 is 26.8 Å². The molecular formula is C8H7BrN2. The molecule has 0 saturated heterocycles. The van der Waals surface area contributed by atoms with Gasteiger partial charge in [-0.3, -0.25) is 5.10 Å². The average Bonchev–Trinajstić information content (AvgIpc) is 2.46. The number of benzene rings is 1. The number of fused-ring (bicyclic) bond motifs is 1. The molecule has 11 heavy (non-hydrogen) atoms. The smallest absolute Gasteiger partial charge is 0.136 e. The fourth-order valence-corrected chi connectivity index (χ4v) is 1.55. The van der Waals surface area contributed by atoms with E-state index in [1.54, 1.807) is 18.2 Å². The summed E-state index contributed by atoms with van der Waals surface area (Å²) in [5.41, 5.74) is 1.04. The molecule has 0 atom stereocenters. The largest absolute Gasteiger partial charge is 0.277 e. The molecule has 0 fully saturated rings. The van der Waals surface area contributed by atoms with Crippen LogP contribution in [0.4, 0.5) is 0 Å². The van der Waals surface area contributed by atoms with E-state index in [0.717, 1.165) is 5.52 Å². The van der Waals surface area contributed by atoms with Crippen LogP contribution in [-0.2, 0) is 0 Å². The Bertz CT molecular complexity index is 475. The third-order valence-electron chi connectivity index (χ3n) is 1.55. The van der Waals surface area contributed by atoms with E-state index in [4.69, 9.17) is 4.11 Å². The first kappa shape index (κ1) is 4.26. The Morgan fingerprint density at radius 3 is 3.36 bits per heavy atom. The van der Waals surface area contributed by atoms with Gasteiger partial charge in [0.05, 0.1) is 5.52 Å². The SMILES string of the molecule is [2H]C([2H])([2H])c1cccc2[nH]nc(Br)c12. The second-order valence-corrected chi connectivity index (χ2v) is 2.99. The van der Waals surface area contributed by atoms with Crippen molar-refractivity contribution in [3.63, 3.8) is 0 Å². The number of hydrogen-bond donors (Lipinski definition) is 1. The second-order valence-electron chi connectivity index (χ2n) is 2.24. The number of hydrogen-bond acceptors (Lipinski definition) is 1. The van der Waals surface area contributed by atoms with Gasteiger partial charge in [-0.25, -0.2) is 0 Å². The van der Waals surface area contributed by atoms with Crippen LogP contribution in [0.2, 0.25) is 0 Å². The number of nitrogens with one attached hydrogen (secondary N) is 1. The fourth-order valence-electron chi connectivity index (χ4n) is 1.03. The minimum Gasteiger partial charge on any atom is -0.277 e. The summed E-state index contributed by atoms with van der Waals surface area (Å²) in [6, 6.07) is 5.09. The van der Waals surface area contributed by atoms with Gasteiger partial charge in [0, 0.05) is 9.50 Å². The molecule has 3 heteroatoms. The van der Waals surface area contributed by atoms with Gasteiger partial charge in [0.25, 0.3) is 0 Å². The van der Waals surface area contributed by atoms with E-state index in [9.17, 15) is 0 Å². The van der Waals surface area contributed by atoms with Gasteiger partial charge in [-0.15, -0.1) is 0 Å². The lowest BCUT2D eigenvalue weighted by Crippen LogP contribution is -1.72. The molecule has 0 aliphatic heterocycles. The predicted molar refractivity (Wildman–Crippen MR) is 48.5 cm³/mol. The molecule has 0 aliphatic rings. The predicted octanol–water partition coefficient (Wildman–Crippen LogP) is 2.63. The van der Waals surface area contributed by atoms with E-state index >= 15 is 0 Å². The lowest BCUT2D eigenvalue weighted by molar-refractivity contribution is 1.10. The van der Waals surface area contributed by atoms with Crippen LogP contribution in [0.15, 0.2) is 22.8 Å². The van der Waals surface area contributed by atoms with Gasteiger partial charge in [-0.1, -0.05) is 12.1 Å². The topological polar surface area (TPSA) is 28.7 Å². The number of rotatable bonds is 0. The third-order valence-corrected chi connectivity index (χ3v) is 2.12. The average molecular weight is 214 g/mol. The molecule has 2 rings (SSSR count). The molecule has 0 spiro atoms. The summed E-state index contributed by atoms with van der Waals surface area (Å²) in [5, 5.41) is 7.30. The number of aryl methyl sites for hydroxylation is 1. The van der Waals surface area contributed by atoms with Gasteiger partial charge >= 0.3 is 0 Å². The van der Waals surface area contributed by atoms with Gasteiger partial charge < -0.3 is 0 Å². The van der Waals surface area contributed by atoms with E-state index in [1.807, 2.05) is 0 Å². The maximum atomic E-state index is 7.36. The maximum absolute atomic E-state index is 7.36. The fraction of sp³-hybridized carbons (Fsp3) is 0.125. The Morgan fingerprint density at radius 2 is 2.55 bits per heavy atom. The molecular weight excluding hydrogens is 204 g/mol. The van der Waals surface area contributed by atoms with Gasteiger partial charge in [0.2, 0.25) is 0 Å². The molecule has 1 aromatic heterocycles. The van der Waals surface area contributed by atoms with Crippen LogP contribution in [-0.4, -0.2) is 10.2 Å². The second kappa shape index (κ2) is 2.34. The van der Waals surface area contributed by atoms with Crippen molar-refractivity contribution in [2.75, 3.05) is 0 Å². The molecule has 1 aromatic carbocycles. The van der Waals surface area contributed by atoms with Crippen molar-refractivity contribution in [3.8, 4) is 0 Å². The number of aromatic amines is 1. The number of aromatic nitrogens is 2. The first-order chi connectivity index (χ1) is 6.50. The van der Waals surface area contributed by atoms with E-state index in [2.05, 4.69) is 26.1 Å². The lowest BCUT2D eigenvalue weighted by atomic mass is 10.1. The third kappa shape index (κ3) is 0.959. The molecule has 0 saturated carbocycles. The molecule has 0 bridgehead atoms. The molecule has 2 nitrogen and oxygen atoms in total. The van der Waals surface area contributed by atoms with E-state index < -0.39 is 6.85 Å². The molecule has 0 aliphatic carbocycles. The molecule has 0 amide bonds. The van der Waals surface area contributed by atoms with Crippen LogP contribution in [0.5, 0.6) is 0 Å². The summed E-state index contributed by atoms with van der Waals surface area (Å²) < 4.78 is 22.6. The maximum Gasteiger partial charge on any atom is 0.136 e. The van der Waals surface area contributed by atoms with E-state index in [0.29, 0.717) is 15.6 Å². The van der Waals surface area contributed by atoms with Crippen molar-refractivity contribution in [2.24, 2.45) is 0 Å². The van der Waals surface area contributed by atoms with Gasteiger partial charge in [0.15, 0.2) is 0 Å². The van der Waals surface area contributed by atoms with Crippen molar-refractivity contribution in [1.29, 1.82) is 0 Å². The number of halogens is 1. The zero-order chi connectivity index (χ0) is 10.3. The van der Waals surface area contributed by atoms with E-state index in [-0.39, 0.29) is 0 Å². The van der Waals surface area contributed by atoms with E-state index in [1.165, 1.54) is 0 Å². The summed E-state index contributed by atoms with van der Waals surface area (Å²) in [7, 11) is 0. The Balaban J connectivity index is 2.82. The van der Waals surface area contributed by atoms with Gasteiger partial charge in [0.1, 0.15) is 4.60 Å². The Hall–Kier alpha value is -0.830. The van der Waals surface area contributed by atoms with Gasteiger partial charge in [-0.05, 0) is 34.4 Å². The Labute approximate surface area is 77.0 Å². The summed E-state index contributed by atoms with van der Waals surface area (Å²) in [6.45, 7) is -2.11. The van der Waals surface area contributed by atoms with Crippen LogP contribution in [0.1, 0.15) is 9.68 Å². The van der Waals surface area contributed by atoms with Crippen LogP contribution >= 0.6 is 15.9 Å². The Morgan fingerprint density at radius 1 is 1.64 bits per heavy atom. The van der Waals surface area contributed by atoms with Crippen molar-refractivity contribution < 1.29 is 4.11 Å². The highest BCUT2D eigenvalue weighted by Gasteiger charge is 2.02. The first-order valence-corrected chi connectivity index (χ1v) is 3.92. The summed E-state index contributed by atoms with van der Waals surface area (Å²) in [6.07, 6.45) is 0. The zero-order valence-electron chi connectivity index (χ0n) is 8.56. The Kier molecular flexibility index (Phi) is 0.906. The first-order valence-electron chi connectivity index (χ1n) is 4.63. The zero-order valence-corrected chi connectivity index (χ0v) is 7.14. The van der Waals surface area contributed by atoms with Crippen molar-refractivity contribution in [1.82, 2.24) is 10.2 Å². The van der Waals surface area contributed by atoms with Crippen molar-refractivity contribution in [3.05, 3.63) is 28.4 Å². The minimum atomic E-state index is -2.11. The quantitative estimate of drug-likeness (QED) is 0.717. The molecule has 56 valence electrons. The standard InChI is InChI=1S/C8H7BrN2/c1-5-3-2-4-6-7(5)8(9)11-10-6/h2-4H,1H3,(H,10,11)/i1D3. The molecule has 1 heterocycles. The van der Waals surface area contributed by atoms with Crippen molar-refractivity contribution in [2.45, 2.75) is 6.85 Å². The summed E-state index contributed by atoms with van der Waals surface area (Å²) in [4.78, 5) is 0. The summed E-state index contributed by atoms with van der Waals surface area (Å²) in [5.74, 6) is 0. The lowest BCUT2D eigenvalue weighted by Gasteiger charge is -1.92.